The lowest BCUT2D eigenvalue weighted by molar-refractivity contribution is -0.156. The zero-order valence-electron chi connectivity index (χ0n) is 18.5. The molecule has 2 aromatic rings. The van der Waals surface area contributed by atoms with Crippen LogP contribution in [0.3, 0.4) is 0 Å². The Morgan fingerprint density at radius 3 is 2.41 bits per heavy atom. The van der Waals surface area contributed by atoms with Gasteiger partial charge in [0, 0.05) is 0 Å². The summed E-state index contributed by atoms with van der Waals surface area (Å²) in [6.07, 6.45) is -2.42. The third-order valence-electron chi connectivity index (χ3n) is 5.87. The molecule has 174 valence electrons. The molecule has 0 spiro atoms. The van der Waals surface area contributed by atoms with E-state index in [9.17, 15) is 18.0 Å². The summed E-state index contributed by atoms with van der Waals surface area (Å²) in [4.78, 5) is 12.5. The Bertz CT molecular complexity index is 891. The molecule has 0 aromatic heterocycles. The highest BCUT2D eigenvalue weighted by Gasteiger charge is 2.33. The third kappa shape index (κ3) is 6.48. The van der Waals surface area contributed by atoms with Gasteiger partial charge in [0.1, 0.15) is 12.4 Å². The number of esters is 1. The van der Waals surface area contributed by atoms with E-state index in [0.717, 1.165) is 49.2 Å². The first-order chi connectivity index (χ1) is 15.2. The molecule has 4 nitrogen and oxygen atoms in total. The topological polar surface area (TPSA) is 47.6 Å². The van der Waals surface area contributed by atoms with Gasteiger partial charge in [0.25, 0.3) is 0 Å². The normalized spacial score (nSPS) is 15.4. The van der Waals surface area contributed by atoms with Crippen molar-refractivity contribution >= 4 is 5.97 Å². The molecule has 0 unspecified atom stereocenters. The zero-order chi connectivity index (χ0) is 23.2. The van der Waals surface area contributed by atoms with Gasteiger partial charge >= 0.3 is 12.1 Å². The van der Waals surface area contributed by atoms with Crippen molar-refractivity contribution in [1.29, 1.82) is 0 Å². The summed E-state index contributed by atoms with van der Waals surface area (Å²) in [5.41, 5.74) is 0.130. The SMILES string of the molecule is CC(C)(CCOc1cc(C(F)(F)F)ccc1C1CCNCC1)C(=O)OCc1ccccc1. The van der Waals surface area contributed by atoms with Crippen molar-refractivity contribution in [3.05, 3.63) is 65.2 Å². The van der Waals surface area contributed by atoms with Gasteiger partial charge in [0.05, 0.1) is 17.6 Å². The van der Waals surface area contributed by atoms with Crippen LogP contribution in [0.1, 0.15) is 55.7 Å². The molecule has 0 saturated carbocycles. The minimum Gasteiger partial charge on any atom is -0.493 e. The van der Waals surface area contributed by atoms with Crippen LogP contribution in [0, 0.1) is 5.41 Å². The van der Waals surface area contributed by atoms with Gasteiger partial charge in [-0.25, -0.2) is 0 Å². The Morgan fingerprint density at radius 1 is 1.06 bits per heavy atom. The molecule has 0 atom stereocenters. The van der Waals surface area contributed by atoms with E-state index < -0.39 is 17.2 Å². The zero-order valence-corrected chi connectivity index (χ0v) is 18.5. The highest BCUT2D eigenvalue weighted by molar-refractivity contribution is 5.75. The molecule has 1 fully saturated rings. The van der Waals surface area contributed by atoms with Crippen LogP contribution in [0.25, 0.3) is 0 Å². The van der Waals surface area contributed by atoms with Crippen LogP contribution in [0.4, 0.5) is 13.2 Å². The van der Waals surface area contributed by atoms with Crippen molar-refractivity contribution in [3.8, 4) is 5.75 Å². The van der Waals surface area contributed by atoms with Gasteiger partial charge < -0.3 is 14.8 Å². The number of piperidine rings is 1. The van der Waals surface area contributed by atoms with Gasteiger partial charge in [-0.15, -0.1) is 0 Å². The minimum absolute atomic E-state index is 0.118. The highest BCUT2D eigenvalue weighted by atomic mass is 19.4. The fourth-order valence-corrected chi connectivity index (χ4v) is 3.74. The Hall–Kier alpha value is -2.54. The number of carbonyl (C=O) groups excluding carboxylic acids is 1. The van der Waals surface area contributed by atoms with Gasteiger partial charge in [0.15, 0.2) is 0 Å². The van der Waals surface area contributed by atoms with Gasteiger partial charge in [-0.1, -0.05) is 36.4 Å². The molecule has 1 aliphatic rings. The maximum atomic E-state index is 13.3. The van der Waals surface area contributed by atoms with E-state index in [-0.39, 0.29) is 30.9 Å². The van der Waals surface area contributed by atoms with Crippen molar-refractivity contribution in [1.82, 2.24) is 5.32 Å². The number of alkyl halides is 3. The van der Waals surface area contributed by atoms with E-state index in [4.69, 9.17) is 9.47 Å². The number of nitrogens with one attached hydrogen (secondary N) is 1. The van der Waals surface area contributed by atoms with Crippen LogP contribution in [0.2, 0.25) is 0 Å². The predicted octanol–water partition coefficient (Wildman–Crippen LogP) is 5.71. The molecule has 0 radical (unpaired) electrons. The summed E-state index contributed by atoms with van der Waals surface area (Å²) in [6.45, 7) is 5.45. The van der Waals surface area contributed by atoms with Crippen LogP contribution in [-0.2, 0) is 22.3 Å². The summed E-state index contributed by atoms with van der Waals surface area (Å²) in [7, 11) is 0. The van der Waals surface area contributed by atoms with Gasteiger partial charge in [-0.05, 0) is 75.4 Å². The first-order valence-electron chi connectivity index (χ1n) is 10.9. The standard InChI is InChI=1S/C25H30F3NO3/c1-24(2,23(30)32-17-18-6-4-3-5-7-18)12-15-31-22-16-20(25(26,27)28)8-9-21(22)19-10-13-29-14-11-19/h3-9,16,19,29H,10-15,17H2,1-2H3. The smallest absolute Gasteiger partial charge is 0.416 e. The Labute approximate surface area is 187 Å². The maximum absolute atomic E-state index is 13.3. The number of rotatable bonds is 8. The van der Waals surface area contributed by atoms with Crippen LogP contribution < -0.4 is 10.1 Å². The van der Waals surface area contributed by atoms with E-state index in [0.29, 0.717) is 6.42 Å². The van der Waals surface area contributed by atoms with E-state index in [1.165, 1.54) is 6.07 Å². The quantitative estimate of drug-likeness (QED) is 0.525. The maximum Gasteiger partial charge on any atom is 0.416 e. The Morgan fingerprint density at radius 2 is 1.75 bits per heavy atom. The first kappa shape index (κ1) is 24.1. The molecule has 0 amide bonds. The molecule has 1 saturated heterocycles. The molecule has 0 bridgehead atoms. The van der Waals surface area contributed by atoms with E-state index in [2.05, 4.69) is 5.32 Å². The monoisotopic (exact) mass is 449 g/mol. The summed E-state index contributed by atoms with van der Waals surface area (Å²) in [5.74, 6) is 0.0325. The lowest BCUT2D eigenvalue weighted by atomic mass is 9.88. The predicted molar refractivity (Wildman–Crippen MR) is 116 cm³/mol. The van der Waals surface area contributed by atoms with Crippen LogP contribution in [0.5, 0.6) is 5.75 Å². The molecule has 0 aliphatic carbocycles. The number of hydrogen-bond donors (Lipinski definition) is 1. The number of hydrogen-bond acceptors (Lipinski definition) is 4. The summed E-state index contributed by atoms with van der Waals surface area (Å²) < 4.78 is 51.0. The van der Waals surface area contributed by atoms with E-state index >= 15 is 0 Å². The van der Waals surface area contributed by atoms with Crippen molar-refractivity contribution < 1.29 is 27.4 Å². The second-order valence-electron chi connectivity index (χ2n) is 8.82. The van der Waals surface area contributed by atoms with Crippen molar-refractivity contribution in [3.63, 3.8) is 0 Å². The Balaban J connectivity index is 1.64. The molecule has 3 rings (SSSR count). The first-order valence-corrected chi connectivity index (χ1v) is 10.9. The number of benzene rings is 2. The van der Waals surface area contributed by atoms with Gasteiger partial charge in [0.2, 0.25) is 0 Å². The molecular weight excluding hydrogens is 419 g/mol. The largest absolute Gasteiger partial charge is 0.493 e. The summed E-state index contributed by atoms with van der Waals surface area (Å²) in [5, 5.41) is 3.27. The van der Waals surface area contributed by atoms with E-state index in [1.54, 1.807) is 13.8 Å². The lowest BCUT2D eigenvalue weighted by Gasteiger charge is -2.27. The van der Waals surface area contributed by atoms with Crippen LogP contribution in [-0.4, -0.2) is 25.7 Å². The van der Waals surface area contributed by atoms with Gasteiger partial charge in [-0.3, -0.25) is 4.79 Å². The molecule has 32 heavy (non-hydrogen) atoms. The summed E-state index contributed by atoms with van der Waals surface area (Å²) in [6, 6.07) is 13.1. The minimum atomic E-state index is -4.44. The van der Waals surface area contributed by atoms with Crippen molar-refractivity contribution in [2.75, 3.05) is 19.7 Å². The molecule has 1 heterocycles. The molecule has 1 aliphatic heterocycles. The molecule has 2 aromatic carbocycles. The third-order valence-corrected chi connectivity index (χ3v) is 5.87. The highest BCUT2D eigenvalue weighted by Crippen LogP contribution is 2.38. The van der Waals surface area contributed by atoms with Crippen molar-refractivity contribution in [2.24, 2.45) is 5.41 Å². The fraction of sp³-hybridized carbons (Fsp3) is 0.480. The molecular formula is C25H30F3NO3. The van der Waals surface area contributed by atoms with Crippen LogP contribution in [0.15, 0.2) is 48.5 Å². The summed E-state index contributed by atoms with van der Waals surface area (Å²) >= 11 is 0. The second kappa shape index (κ2) is 10.4. The average molecular weight is 450 g/mol. The Kier molecular flexibility index (Phi) is 7.82. The second-order valence-corrected chi connectivity index (χ2v) is 8.82. The molecule has 1 N–H and O–H groups in total. The fourth-order valence-electron chi connectivity index (χ4n) is 3.74. The number of halogens is 3. The lowest BCUT2D eigenvalue weighted by Crippen LogP contribution is -2.29. The molecule has 7 heteroatoms. The van der Waals surface area contributed by atoms with E-state index in [1.807, 2.05) is 30.3 Å². The average Bonchev–Trinajstić information content (AvgIpc) is 2.78. The van der Waals surface area contributed by atoms with Gasteiger partial charge in [-0.2, -0.15) is 13.2 Å². The van der Waals surface area contributed by atoms with Crippen LogP contribution >= 0.6 is 0 Å². The number of carbonyl (C=O) groups is 1. The number of ether oxygens (including phenoxy) is 2. The van der Waals surface area contributed by atoms with Crippen molar-refractivity contribution in [2.45, 2.75) is 51.8 Å².